The molecule has 0 saturated carbocycles. The van der Waals surface area contributed by atoms with Crippen molar-refractivity contribution < 1.29 is 22.9 Å². The first-order valence-corrected chi connectivity index (χ1v) is 9.15. The highest BCUT2D eigenvalue weighted by Gasteiger charge is 2.32. The van der Waals surface area contributed by atoms with Crippen molar-refractivity contribution >= 4 is 46.3 Å². The highest BCUT2D eigenvalue weighted by Crippen LogP contribution is 2.34. The zero-order valence-electron chi connectivity index (χ0n) is 14.5. The molecule has 2 aromatic heterocycles. The van der Waals surface area contributed by atoms with Crippen LogP contribution in [0.4, 0.5) is 24.5 Å². The van der Waals surface area contributed by atoms with Crippen LogP contribution in [0.1, 0.15) is 12.5 Å². The Labute approximate surface area is 170 Å². The summed E-state index contributed by atoms with van der Waals surface area (Å²) in [6, 6.07) is 5.97. The topological polar surface area (TPSA) is 102 Å². The number of pyridine rings is 1. The lowest BCUT2D eigenvalue weighted by Gasteiger charge is -2.12. The van der Waals surface area contributed by atoms with Crippen LogP contribution < -0.4 is 5.32 Å². The van der Waals surface area contributed by atoms with Crippen molar-refractivity contribution in [1.29, 1.82) is 0 Å². The summed E-state index contributed by atoms with van der Waals surface area (Å²) in [6.07, 6.45) is -3.80. The second-order valence-corrected chi connectivity index (χ2v) is 7.52. The van der Waals surface area contributed by atoms with Crippen molar-refractivity contribution in [2.45, 2.75) is 23.5 Å². The van der Waals surface area contributed by atoms with Crippen LogP contribution in [0.3, 0.4) is 0 Å². The number of fused-ring (bicyclic) bond motifs is 1. The molecular weight excluding hydrogens is 435 g/mol. The molecule has 1 amide bonds. The Bertz CT molecular complexity index is 1090. The number of benzene rings is 1. The second kappa shape index (κ2) is 7.87. The fourth-order valence-corrected chi connectivity index (χ4v) is 3.36. The number of carbonyl (C=O) groups excluding carboxylic acids is 1. The fraction of sp³-hybridized carbons (Fsp3) is 0.188. The third-order valence-corrected chi connectivity index (χ3v) is 5.09. The standard InChI is InChI=1S/C16H11ClF3N5O3S/c1-8(14(26)21-10-2-4-11(5-3-10)25(27)28)29-15-23-22-13-12(17)6-9(7-24(13)15)16(18,19)20/h2-8H,1H3,(H,21,26). The van der Waals surface area contributed by atoms with Gasteiger partial charge in [-0.05, 0) is 25.1 Å². The maximum absolute atomic E-state index is 13.0. The summed E-state index contributed by atoms with van der Waals surface area (Å²) in [6.45, 7) is 1.53. The Morgan fingerprint density at radius 1 is 1.31 bits per heavy atom. The average molecular weight is 446 g/mol. The van der Waals surface area contributed by atoms with Gasteiger partial charge in [-0.1, -0.05) is 23.4 Å². The van der Waals surface area contributed by atoms with E-state index in [0.29, 0.717) is 5.69 Å². The molecule has 152 valence electrons. The Morgan fingerprint density at radius 3 is 2.55 bits per heavy atom. The van der Waals surface area contributed by atoms with Crippen LogP contribution in [0.25, 0.3) is 5.65 Å². The molecule has 1 atom stereocenters. The van der Waals surface area contributed by atoms with E-state index in [1.54, 1.807) is 0 Å². The SMILES string of the molecule is CC(Sc1nnc2c(Cl)cc(C(F)(F)F)cn12)C(=O)Nc1ccc([N+](=O)[O-])cc1. The molecule has 2 heterocycles. The minimum absolute atomic E-state index is 0.0325. The summed E-state index contributed by atoms with van der Waals surface area (Å²) in [4.78, 5) is 22.4. The summed E-state index contributed by atoms with van der Waals surface area (Å²) >= 11 is 6.75. The lowest BCUT2D eigenvalue weighted by Crippen LogP contribution is -2.22. The zero-order chi connectivity index (χ0) is 21.3. The molecule has 0 aliphatic rings. The fourth-order valence-electron chi connectivity index (χ4n) is 2.29. The van der Waals surface area contributed by atoms with Crippen LogP contribution in [0.2, 0.25) is 5.02 Å². The number of nitro groups is 1. The van der Waals surface area contributed by atoms with E-state index in [4.69, 9.17) is 11.6 Å². The Balaban J connectivity index is 1.78. The van der Waals surface area contributed by atoms with Crippen molar-refractivity contribution in [1.82, 2.24) is 14.6 Å². The largest absolute Gasteiger partial charge is 0.417 e. The first-order chi connectivity index (χ1) is 13.6. The van der Waals surface area contributed by atoms with Gasteiger partial charge >= 0.3 is 6.18 Å². The first-order valence-electron chi connectivity index (χ1n) is 7.89. The molecule has 3 aromatic rings. The number of alkyl halides is 3. The number of hydrogen-bond donors (Lipinski definition) is 1. The monoisotopic (exact) mass is 445 g/mol. The number of thioether (sulfide) groups is 1. The summed E-state index contributed by atoms with van der Waals surface area (Å²) in [7, 11) is 0. The van der Waals surface area contributed by atoms with Crippen LogP contribution >= 0.6 is 23.4 Å². The Kier molecular flexibility index (Phi) is 5.66. The summed E-state index contributed by atoms with van der Waals surface area (Å²) in [5.74, 6) is -0.473. The lowest BCUT2D eigenvalue weighted by molar-refractivity contribution is -0.384. The van der Waals surface area contributed by atoms with E-state index in [-0.39, 0.29) is 21.5 Å². The third kappa shape index (κ3) is 4.59. The van der Waals surface area contributed by atoms with Gasteiger partial charge in [-0.25, -0.2) is 0 Å². The molecule has 0 saturated heterocycles. The van der Waals surface area contributed by atoms with Gasteiger partial charge < -0.3 is 5.32 Å². The second-order valence-electron chi connectivity index (χ2n) is 5.80. The highest BCUT2D eigenvalue weighted by atomic mass is 35.5. The van der Waals surface area contributed by atoms with Crippen LogP contribution in [0, 0.1) is 10.1 Å². The number of amides is 1. The number of rotatable bonds is 5. The van der Waals surface area contributed by atoms with Crippen LogP contribution in [0.15, 0.2) is 41.7 Å². The van der Waals surface area contributed by atoms with Gasteiger partial charge in [0.15, 0.2) is 10.8 Å². The van der Waals surface area contributed by atoms with Gasteiger partial charge in [-0.15, -0.1) is 10.2 Å². The van der Waals surface area contributed by atoms with E-state index in [1.807, 2.05) is 0 Å². The van der Waals surface area contributed by atoms with Gasteiger partial charge in [-0.3, -0.25) is 19.3 Å². The molecule has 0 aliphatic carbocycles. The zero-order valence-corrected chi connectivity index (χ0v) is 16.0. The number of carbonyl (C=O) groups is 1. The van der Waals surface area contributed by atoms with Crippen LogP contribution in [0.5, 0.6) is 0 Å². The smallest absolute Gasteiger partial charge is 0.325 e. The minimum atomic E-state index is -4.61. The van der Waals surface area contributed by atoms with Gasteiger partial charge in [-0.2, -0.15) is 13.2 Å². The van der Waals surface area contributed by atoms with Crippen molar-refractivity contribution in [3.8, 4) is 0 Å². The number of halogens is 4. The van der Waals surface area contributed by atoms with Gasteiger partial charge in [0, 0.05) is 24.0 Å². The van der Waals surface area contributed by atoms with Crippen molar-refractivity contribution in [2.75, 3.05) is 5.32 Å². The number of nitrogens with zero attached hydrogens (tertiary/aromatic N) is 4. The molecule has 1 aromatic carbocycles. The molecule has 0 radical (unpaired) electrons. The molecule has 1 unspecified atom stereocenters. The molecule has 8 nitrogen and oxygen atoms in total. The molecule has 3 rings (SSSR count). The molecule has 0 fully saturated rings. The molecule has 29 heavy (non-hydrogen) atoms. The number of nitrogens with one attached hydrogen (secondary N) is 1. The average Bonchev–Trinajstić information content (AvgIpc) is 3.05. The van der Waals surface area contributed by atoms with E-state index in [2.05, 4.69) is 15.5 Å². The Hall–Kier alpha value is -2.86. The van der Waals surface area contributed by atoms with Crippen molar-refractivity contribution in [3.05, 3.63) is 57.2 Å². The maximum atomic E-state index is 13.0. The summed E-state index contributed by atoms with van der Waals surface area (Å²) < 4.78 is 40.1. The predicted molar refractivity (Wildman–Crippen MR) is 100 cm³/mol. The van der Waals surface area contributed by atoms with Crippen LogP contribution in [-0.4, -0.2) is 30.7 Å². The number of hydrogen-bond acceptors (Lipinski definition) is 6. The minimum Gasteiger partial charge on any atom is -0.325 e. The van der Waals surface area contributed by atoms with E-state index in [0.717, 1.165) is 28.4 Å². The quantitative estimate of drug-likeness (QED) is 0.354. The van der Waals surface area contributed by atoms with E-state index < -0.39 is 27.8 Å². The van der Waals surface area contributed by atoms with Gasteiger partial charge in [0.05, 0.1) is 20.8 Å². The van der Waals surface area contributed by atoms with E-state index in [9.17, 15) is 28.1 Å². The summed E-state index contributed by atoms with van der Waals surface area (Å²) in [5, 5.41) is 19.9. The molecule has 0 bridgehead atoms. The lowest BCUT2D eigenvalue weighted by atomic mass is 10.3. The molecule has 0 spiro atoms. The Morgan fingerprint density at radius 2 is 1.97 bits per heavy atom. The van der Waals surface area contributed by atoms with E-state index in [1.165, 1.54) is 31.2 Å². The van der Waals surface area contributed by atoms with Gasteiger partial charge in [0.1, 0.15) is 0 Å². The van der Waals surface area contributed by atoms with Gasteiger partial charge in [0.25, 0.3) is 5.69 Å². The normalized spacial score (nSPS) is 12.7. The third-order valence-electron chi connectivity index (χ3n) is 3.75. The predicted octanol–water partition coefficient (Wildman–Crippen LogP) is 4.43. The molecule has 1 N–H and O–H groups in total. The van der Waals surface area contributed by atoms with E-state index >= 15 is 0 Å². The summed E-state index contributed by atoms with van der Waals surface area (Å²) in [5.41, 5.74) is -0.732. The number of non-ortho nitro benzene ring substituents is 1. The van der Waals surface area contributed by atoms with Crippen molar-refractivity contribution in [2.24, 2.45) is 0 Å². The molecular formula is C16H11ClF3N5O3S. The van der Waals surface area contributed by atoms with Crippen LogP contribution in [-0.2, 0) is 11.0 Å². The number of aromatic nitrogens is 3. The van der Waals surface area contributed by atoms with Crippen molar-refractivity contribution in [3.63, 3.8) is 0 Å². The highest BCUT2D eigenvalue weighted by molar-refractivity contribution is 8.00. The maximum Gasteiger partial charge on any atom is 0.417 e. The molecule has 13 heteroatoms. The number of anilines is 1. The first kappa shape index (κ1) is 20.9. The van der Waals surface area contributed by atoms with Gasteiger partial charge in [0.2, 0.25) is 5.91 Å². The number of nitro benzene ring substituents is 1. The molecule has 0 aliphatic heterocycles.